The molecule has 2 N–H and O–H groups in total. The molecule has 0 bridgehead atoms. The average molecular weight is 404 g/mol. The lowest BCUT2D eigenvalue weighted by Gasteiger charge is -2.19. The van der Waals surface area contributed by atoms with Crippen molar-refractivity contribution >= 4 is 22.9 Å². The Morgan fingerprint density at radius 2 is 1.79 bits per heavy atom. The van der Waals surface area contributed by atoms with Crippen LogP contribution in [0.15, 0.2) is 72.1 Å². The number of thiophene rings is 1. The van der Waals surface area contributed by atoms with Crippen molar-refractivity contribution in [3.63, 3.8) is 0 Å². The highest BCUT2D eigenvalue weighted by atomic mass is 32.1. The number of amides is 1. The first-order valence-corrected chi connectivity index (χ1v) is 9.60. The fraction of sp³-hybridized carbons (Fsp3) is 0.190. The summed E-state index contributed by atoms with van der Waals surface area (Å²) in [5.41, 5.74) is 0.0613. The molecule has 3 aromatic rings. The molecule has 0 fully saturated rings. The summed E-state index contributed by atoms with van der Waals surface area (Å²) in [4.78, 5) is 14.0. The van der Waals surface area contributed by atoms with Crippen LogP contribution in [-0.2, 0) is 17.4 Å². The maximum Gasteiger partial charge on any atom is 0.416 e. The van der Waals surface area contributed by atoms with Gasteiger partial charge in [0.05, 0.1) is 5.56 Å². The summed E-state index contributed by atoms with van der Waals surface area (Å²) in [5.74, 6) is -0.406. The third kappa shape index (κ3) is 5.43. The summed E-state index contributed by atoms with van der Waals surface area (Å²) in [6.45, 7) is 0.566. The first-order valence-electron chi connectivity index (χ1n) is 8.72. The van der Waals surface area contributed by atoms with Crippen molar-refractivity contribution in [3.05, 3.63) is 88.1 Å². The Bertz CT molecular complexity index is 896. The number of nitrogens with one attached hydrogen (secondary N) is 2. The summed E-state index contributed by atoms with van der Waals surface area (Å²) < 4.78 is 38.7. The number of hydrogen-bond donors (Lipinski definition) is 2. The van der Waals surface area contributed by atoms with E-state index in [1.54, 1.807) is 11.3 Å². The first-order chi connectivity index (χ1) is 13.4. The van der Waals surface area contributed by atoms with Gasteiger partial charge in [0.25, 0.3) is 0 Å². The van der Waals surface area contributed by atoms with Gasteiger partial charge in [-0.3, -0.25) is 4.79 Å². The molecule has 1 amide bonds. The molecule has 0 aliphatic rings. The number of benzene rings is 2. The number of anilines is 1. The second-order valence-corrected chi connectivity index (χ2v) is 7.23. The molecule has 0 saturated carbocycles. The van der Waals surface area contributed by atoms with Gasteiger partial charge in [-0.05, 0) is 41.6 Å². The van der Waals surface area contributed by atoms with Gasteiger partial charge in [-0.15, -0.1) is 11.3 Å². The van der Waals surface area contributed by atoms with E-state index in [-0.39, 0.29) is 5.69 Å². The molecule has 2 aromatic carbocycles. The zero-order valence-corrected chi connectivity index (χ0v) is 15.7. The van der Waals surface area contributed by atoms with E-state index < -0.39 is 23.7 Å². The fourth-order valence-corrected chi connectivity index (χ4v) is 3.50. The predicted molar refractivity (Wildman–Crippen MR) is 105 cm³/mol. The fourth-order valence-electron chi connectivity index (χ4n) is 2.79. The molecule has 28 heavy (non-hydrogen) atoms. The largest absolute Gasteiger partial charge is 0.416 e. The molecular formula is C21H19F3N2OS. The van der Waals surface area contributed by atoms with Crippen molar-refractivity contribution in [2.75, 3.05) is 11.9 Å². The molecule has 1 unspecified atom stereocenters. The van der Waals surface area contributed by atoms with Crippen molar-refractivity contribution in [3.8, 4) is 0 Å². The first kappa shape index (κ1) is 20.1. The summed E-state index contributed by atoms with van der Waals surface area (Å²) in [5, 5.41) is 7.80. The van der Waals surface area contributed by atoms with Gasteiger partial charge in [0.2, 0.25) is 5.91 Å². The Labute approximate surface area is 165 Å². The molecule has 0 aliphatic heterocycles. The van der Waals surface area contributed by atoms with Crippen molar-refractivity contribution in [2.24, 2.45) is 0 Å². The number of carbonyl (C=O) groups is 1. The number of hydrogen-bond acceptors (Lipinski definition) is 3. The Morgan fingerprint density at radius 1 is 1.00 bits per heavy atom. The van der Waals surface area contributed by atoms with E-state index in [0.29, 0.717) is 6.54 Å². The molecule has 1 heterocycles. The highest BCUT2D eigenvalue weighted by Gasteiger charge is 2.30. The second-order valence-electron chi connectivity index (χ2n) is 6.19. The van der Waals surface area contributed by atoms with E-state index in [4.69, 9.17) is 0 Å². The van der Waals surface area contributed by atoms with Gasteiger partial charge in [-0.2, -0.15) is 13.2 Å². The van der Waals surface area contributed by atoms with E-state index in [9.17, 15) is 18.0 Å². The minimum atomic E-state index is -4.46. The molecule has 0 spiro atoms. The van der Waals surface area contributed by atoms with Gasteiger partial charge in [0, 0.05) is 17.1 Å². The van der Waals surface area contributed by atoms with Gasteiger partial charge in [-0.25, -0.2) is 0 Å². The minimum absolute atomic E-state index is 0.112. The summed E-state index contributed by atoms with van der Waals surface area (Å²) in [6.07, 6.45) is -3.70. The number of rotatable bonds is 7. The van der Waals surface area contributed by atoms with Crippen molar-refractivity contribution in [1.82, 2.24) is 5.32 Å². The van der Waals surface area contributed by atoms with Crippen LogP contribution >= 0.6 is 11.3 Å². The molecule has 0 radical (unpaired) electrons. The second kappa shape index (κ2) is 9.03. The van der Waals surface area contributed by atoms with E-state index in [0.717, 1.165) is 24.1 Å². The smallest absolute Gasteiger partial charge is 0.324 e. The van der Waals surface area contributed by atoms with E-state index in [1.165, 1.54) is 17.0 Å². The Kier molecular flexibility index (Phi) is 6.49. The Morgan fingerprint density at radius 3 is 2.46 bits per heavy atom. The Hall–Kier alpha value is -2.64. The van der Waals surface area contributed by atoms with Crippen LogP contribution in [0.25, 0.3) is 0 Å². The van der Waals surface area contributed by atoms with Crippen LogP contribution in [0.1, 0.15) is 22.0 Å². The molecule has 3 nitrogen and oxygen atoms in total. The van der Waals surface area contributed by atoms with Gasteiger partial charge in [0.15, 0.2) is 0 Å². The molecule has 1 aromatic heterocycles. The highest BCUT2D eigenvalue weighted by molar-refractivity contribution is 7.09. The van der Waals surface area contributed by atoms with E-state index in [1.807, 2.05) is 47.8 Å². The predicted octanol–water partition coefficient (Wildman–Crippen LogP) is 5.28. The highest BCUT2D eigenvalue weighted by Crippen LogP contribution is 2.31. The maximum atomic E-state index is 12.9. The van der Waals surface area contributed by atoms with E-state index >= 15 is 0 Å². The van der Waals surface area contributed by atoms with Crippen molar-refractivity contribution in [2.45, 2.75) is 18.6 Å². The normalized spacial score (nSPS) is 12.5. The van der Waals surface area contributed by atoms with Gasteiger partial charge < -0.3 is 10.6 Å². The SMILES string of the molecule is O=C(Nc1cccc(C(F)(F)F)c1)C(NCCc1cccs1)c1ccccc1. The van der Waals surface area contributed by atoms with Crippen LogP contribution in [0, 0.1) is 0 Å². The monoisotopic (exact) mass is 404 g/mol. The number of carbonyl (C=O) groups excluding carboxylic acids is 1. The zero-order chi connectivity index (χ0) is 20.0. The summed E-state index contributed by atoms with van der Waals surface area (Å²) in [7, 11) is 0. The van der Waals surface area contributed by atoms with Gasteiger partial charge in [0.1, 0.15) is 6.04 Å². The zero-order valence-electron chi connectivity index (χ0n) is 14.9. The van der Waals surface area contributed by atoms with Crippen molar-refractivity contribution in [1.29, 1.82) is 0 Å². The minimum Gasteiger partial charge on any atom is -0.324 e. The number of alkyl halides is 3. The topological polar surface area (TPSA) is 41.1 Å². The third-order valence-electron chi connectivity index (χ3n) is 4.15. The lowest BCUT2D eigenvalue weighted by atomic mass is 10.1. The van der Waals surface area contributed by atoms with Gasteiger partial charge >= 0.3 is 6.18 Å². The molecule has 146 valence electrons. The standard InChI is InChI=1S/C21H19F3N2OS/c22-21(23,24)16-8-4-9-17(14-16)26-20(27)19(15-6-2-1-3-7-15)25-12-11-18-10-5-13-28-18/h1-10,13-14,19,25H,11-12H2,(H,26,27). The lowest BCUT2D eigenvalue weighted by Crippen LogP contribution is -2.34. The molecule has 0 saturated heterocycles. The van der Waals surface area contributed by atoms with Crippen LogP contribution in [0.3, 0.4) is 0 Å². The van der Waals surface area contributed by atoms with E-state index in [2.05, 4.69) is 10.6 Å². The van der Waals surface area contributed by atoms with Crippen LogP contribution in [0.4, 0.5) is 18.9 Å². The lowest BCUT2D eigenvalue weighted by molar-refractivity contribution is -0.137. The molecule has 0 aliphatic carbocycles. The average Bonchev–Trinajstić information content (AvgIpc) is 3.19. The Balaban J connectivity index is 1.73. The maximum absolute atomic E-state index is 12.9. The number of halogens is 3. The molecule has 3 rings (SSSR count). The summed E-state index contributed by atoms with van der Waals surface area (Å²) >= 11 is 1.64. The van der Waals surface area contributed by atoms with Crippen LogP contribution in [-0.4, -0.2) is 12.5 Å². The molecule has 7 heteroatoms. The van der Waals surface area contributed by atoms with Crippen molar-refractivity contribution < 1.29 is 18.0 Å². The summed E-state index contributed by atoms with van der Waals surface area (Å²) in [6, 6.07) is 17.1. The van der Waals surface area contributed by atoms with Crippen LogP contribution in [0.5, 0.6) is 0 Å². The van der Waals surface area contributed by atoms with Crippen LogP contribution < -0.4 is 10.6 Å². The quantitative estimate of drug-likeness (QED) is 0.563. The molecule has 1 atom stereocenters. The molecular weight excluding hydrogens is 385 g/mol. The van der Waals surface area contributed by atoms with Gasteiger partial charge in [-0.1, -0.05) is 42.5 Å². The third-order valence-corrected chi connectivity index (χ3v) is 5.09. The van der Waals surface area contributed by atoms with Crippen LogP contribution in [0.2, 0.25) is 0 Å².